The number of aliphatic hydroxyl groups excluding tert-OH is 1. The Kier molecular flexibility index (Phi) is 5.83. The van der Waals surface area contributed by atoms with Crippen molar-refractivity contribution < 1.29 is 9.84 Å². The molecule has 0 spiro atoms. The second kappa shape index (κ2) is 8.69. The predicted molar refractivity (Wildman–Crippen MR) is 117 cm³/mol. The lowest BCUT2D eigenvalue weighted by Gasteiger charge is -2.29. The van der Waals surface area contributed by atoms with E-state index in [1.54, 1.807) is 0 Å². The third-order valence-corrected chi connectivity index (χ3v) is 7.25. The van der Waals surface area contributed by atoms with Gasteiger partial charge in [0.15, 0.2) is 0 Å². The summed E-state index contributed by atoms with van der Waals surface area (Å²) < 4.78 is 8.62. The van der Waals surface area contributed by atoms with Gasteiger partial charge in [-0.25, -0.2) is 0 Å². The maximum absolute atomic E-state index is 9.85. The average Bonchev–Trinajstić information content (AvgIpc) is 3.52. The molecule has 3 aliphatic rings. The van der Waals surface area contributed by atoms with Crippen LogP contribution in [-0.2, 0) is 13.1 Å². The van der Waals surface area contributed by atoms with Crippen molar-refractivity contribution in [3.05, 3.63) is 30.0 Å². The normalized spacial score (nSPS) is 22.4. The van der Waals surface area contributed by atoms with E-state index in [1.165, 1.54) is 61.4 Å². The lowest BCUT2D eigenvalue weighted by molar-refractivity contribution is 0.0794. The molecule has 2 heterocycles. The van der Waals surface area contributed by atoms with Crippen molar-refractivity contribution in [2.45, 2.75) is 77.0 Å². The van der Waals surface area contributed by atoms with Crippen LogP contribution in [0.15, 0.2) is 24.4 Å². The molecule has 0 bridgehead atoms. The van der Waals surface area contributed by atoms with Crippen molar-refractivity contribution in [3.63, 3.8) is 0 Å². The van der Waals surface area contributed by atoms with Gasteiger partial charge in [0.2, 0.25) is 0 Å². The minimum atomic E-state index is -0.110. The Morgan fingerprint density at radius 3 is 2.48 bits per heavy atom. The molecule has 0 atom stereocenters. The molecular weight excluding hydrogens is 360 g/mol. The summed E-state index contributed by atoms with van der Waals surface area (Å²) in [6, 6.07) is 6.73. The van der Waals surface area contributed by atoms with Crippen LogP contribution in [0.25, 0.3) is 10.9 Å². The molecule has 2 aliphatic carbocycles. The van der Waals surface area contributed by atoms with E-state index in [-0.39, 0.29) is 6.10 Å². The molecular formula is C25H36N2O2. The van der Waals surface area contributed by atoms with Crippen molar-refractivity contribution in [1.29, 1.82) is 0 Å². The van der Waals surface area contributed by atoms with Gasteiger partial charge in [-0.2, -0.15) is 0 Å². The molecule has 3 fully saturated rings. The fourth-order valence-electron chi connectivity index (χ4n) is 5.18. The predicted octanol–water partition coefficient (Wildman–Crippen LogP) is 4.97. The SMILES string of the molecule is OC1CCN(Cc2cn(CC3CCCCC3)c3ccc(OCC4CC4)cc23)CC1. The number of piperidine rings is 1. The van der Waals surface area contributed by atoms with Crippen molar-refractivity contribution in [3.8, 4) is 5.75 Å². The van der Waals surface area contributed by atoms with Gasteiger partial charge >= 0.3 is 0 Å². The van der Waals surface area contributed by atoms with E-state index in [1.807, 2.05) is 0 Å². The zero-order chi connectivity index (χ0) is 19.6. The first-order valence-electron chi connectivity index (χ1n) is 11.9. The van der Waals surface area contributed by atoms with Crippen LogP contribution < -0.4 is 4.74 Å². The molecule has 29 heavy (non-hydrogen) atoms. The van der Waals surface area contributed by atoms with E-state index in [4.69, 9.17) is 4.74 Å². The van der Waals surface area contributed by atoms with Gasteiger partial charge in [0.05, 0.1) is 12.7 Å². The number of benzene rings is 1. The fraction of sp³-hybridized carbons (Fsp3) is 0.680. The van der Waals surface area contributed by atoms with Gasteiger partial charge in [0.1, 0.15) is 5.75 Å². The van der Waals surface area contributed by atoms with Crippen LogP contribution in [0.3, 0.4) is 0 Å². The first-order chi connectivity index (χ1) is 14.2. The highest BCUT2D eigenvalue weighted by atomic mass is 16.5. The maximum Gasteiger partial charge on any atom is 0.120 e. The molecule has 1 saturated heterocycles. The molecule has 1 aliphatic heterocycles. The van der Waals surface area contributed by atoms with Crippen LogP contribution >= 0.6 is 0 Å². The number of hydrogen-bond donors (Lipinski definition) is 1. The smallest absolute Gasteiger partial charge is 0.120 e. The minimum absolute atomic E-state index is 0.110. The summed E-state index contributed by atoms with van der Waals surface area (Å²) in [6.07, 6.45) is 13.7. The van der Waals surface area contributed by atoms with Gasteiger partial charge in [0, 0.05) is 43.3 Å². The maximum atomic E-state index is 9.85. The first-order valence-corrected chi connectivity index (χ1v) is 11.9. The second-order valence-electron chi connectivity index (χ2n) is 9.75. The summed E-state index contributed by atoms with van der Waals surface area (Å²) >= 11 is 0. The number of rotatable bonds is 7. The van der Waals surface area contributed by atoms with Crippen LogP contribution in [0, 0.1) is 11.8 Å². The molecule has 0 amide bonds. The number of nitrogens with zero attached hydrogens (tertiary/aromatic N) is 2. The molecule has 1 N–H and O–H groups in total. The van der Waals surface area contributed by atoms with Gasteiger partial charge in [-0.15, -0.1) is 0 Å². The summed E-state index contributed by atoms with van der Waals surface area (Å²) in [4.78, 5) is 2.50. The molecule has 0 unspecified atom stereocenters. The lowest BCUT2D eigenvalue weighted by Crippen LogP contribution is -2.35. The van der Waals surface area contributed by atoms with Crippen LogP contribution in [0.2, 0.25) is 0 Å². The molecule has 1 aromatic heterocycles. The zero-order valence-electron chi connectivity index (χ0n) is 17.7. The highest BCUT2D eigenvalue weighted by molar-refractivity contribution is 5.85. The van der Waals surface area contributed by atoms with Gasteiger partial charge < -0.3 is 14.4 Å². The number of likely N-dealkylation sites (tertiary alicyclic amines) is 1. The van der Waals surface area contributed by atoms with E-state index >= 15 is 0 Å². The Morgan fingerprint density at radius 2 is 1.72 bits per heavy atom. The number of hydrogen-bond acceptors (Lipinski definition) is 3. The topological polar surface area (TPSA) is 37.6 Å². The van der Waals surface area contributed by atoms with E-state index in [0.717, 1.165) is 63.2 Å². The molecule has 1 aromatic carbocycles. The summed E-state index contributed by atoms with van der Waals surface area (Å²) in [6.45, 7) is 4.99. The van der Waals surface area contributed by atoms with Crippen LogP contribution in [0.1, 0.15) is 63.4 Å². The zero-order valence-corrected chi connectivity index (χ0v) is 17.7. The Morgan fingerprint density at radius 1 is 0.931 bits per heavy atom. The van der Waals surface area contributed by atoms with E-state index in [0.29, 0.717) is 0 Å². The first kappa shape index (κ1) is 19.4. The van der Waals surface area contributed by atoms with E-state index < -0.39 is 0 Å². The second-order valence-corrected chi connectivity index (χ2v) is 9.75. The largest absolute Gasteiger partial charge is 0.493 e. The Bertz CT molecular complexity index is 812. The molecule has 2 aromatic rings. The summed E-state index contributed by atoms with van der Waals surface area (Å²) in [5.41, 5.74) is 2.78. The molecule has 5 rings (SSSR count). The van der Waals surface area contributed by atoms with Gasteiger partial charge in [-0.3, -0.25) is 4.90 Å². The van der Waals surface area contributed by atoms with Crippen LogP contribution in [0.4, 0.5) is 0 Å². The Labute approximate surface area is 174 Å². The van der Waals surface area contributed by atoms with Gasteiger partial charge in [-0.1, -0.05) is 19.3 Å². The monoisotopic (exact) mass is 396 g/mol. The highest BCUT2D eigenvalue weighted by Crippen LogP contribution is 2.33. The Balaban J connectivity index is 1.39. The van der Waals surface area contributed by atoms with E-state index in [9.17, 15) is 5.11 Å². The Hall–Kier alpha value is -1.52. The summed E-state index contributed by atoms with van der Waals surface area (Å²) in [7, 11) is 0. The van der Waals surface area contributed by atoms with Gasteiger partial charge in [0.25, 0.3) is 0 Å². The van der Waals surface area contributed by atoms with Crippen molar-refractivity contribution >= 4 is 10.9 Å². The van der Waals surface area contributed by atoms with E-state index in [2.05, 4.69) is 33.9 Å². The lowest BCUT2D eigenvalue weighted by atomic mass is 9.89. The molecule has 2 saturated carbocycles. The quantitative estimate of drug-likeness (QED) is 0.718. The van der Waals surface area contributed by atoms with Crippen molar-refractivity contribution in [1.82, 2.24) is 9.47 Å². The van der Waals surface area contributed by atoms with Crippen molar-refractivity contribution in [2.24, 2.45) is 11.8 Å². The standard InChI is InChI=1S/C25H36N2O2/c28-22-10-12-26(13-11-22)16-21-17-27(15-19-4-2-1-3-5-19)25-9-8-23(14-24(21)25)29-18-20-6-7-20/h8-9,14,17,19-20,22,28H,1-7,10-13,15-16,18H2. The molecule has 4 nitrogen and oxygen atoms in total. The van der Waals surface area contributed by atoms with Crippen molar-refractivity contribution in [2.75, 3.05) is 19.7 Å². The highest BCUT2D eigenvalue weighted by Gasteiger charge is 2.23. The number of fused-ring (bicyclic) bond motifs is 1. The third kappa shape index (κ3) is 4.80. The molecule has 0 radical (unpaired) electrons. The summed E-state index contributed by atoms with van der Waals surface area (Å²) in [5.74, 6) is 2.62. The molecule has 158 valence electrons. The average molecular weight is 397 g/mol. The third-order valence-electron chi connectivity index (χ3n) is 7.25. The van der Waals surface area contributed by atoms with Gasteiger partial charge in [-0.05, 0) is 74.1 Å². The number of aromatic nitrogens is 1. The summed E-state index contributed by atoms with van der Waals surface area (Å²) in [5, 5.41) is 11.2. The fourth-order valence-corrected chi connectivity index (χ4v) is 5.18. The minimum Gasteiger partial charge on any atom is -0.493 e. The number of aliphatic hydroxyl groups is 1. The van der Waals surface area contributed by atoms with Crippen LogP contribution in [-0.4, -0.2) is 40.4 Å². The van der Waals surface area contributed by atoms with Crippen LogP contribution in [0.5, 0.6) is 5.75 Å². The number of ether oxygens (including phenoxy) is 1. The molecule has 4 heteroatoms.